The van der Waals surface area contributed by atoms with Gasteiger partial charge >= 0.3 is 0 Å². The smallest absolute Gasteiger partial charge is 0.257 e. The number of aryl methyl sites for hydroxylation is 1. The van der Waals surface area contributed by atoms with Crippen molar-refractivity contribution in [2.75, 3.05) is 16.3 Å². The molecule has 2 N–H and O–H groups in total. The zero-order chi connectivity index (χ0) is 16.6. The molecule has 0 fully saturated rings. The monoisotopic (exact) mass is 368 g/mol. The molecule has 2 heterocycles. The highest BCUT2D eigenvalue weighted by Gasteiger charge is 2.12. The fourth-order valence-corrected chi connectivity index (χ4v) is 4.25. The standard InChI is InChI=1S/C13H12N4O3S3/c1-7-6-14-12(21-7)16-11(18)8-3-4-9-10(5-8)22-13(15-9)17-23(2,19)20/h3-6H,1-2H3,(H,15,17)(H,14,16,18). The Morgan fingerprint density at radius 1 is 1.22 bits per heavy atom. The molecule has 0 aliphatic carbocycles. The highest BCUT2D eigenvalue weighted by Crippen LogP contribution is 2.27. The van der Waals surface area contributed by atoms with Crippen LogP contribution in [-0.4, -0.2) is 30.5 Å². The van der Waals surface area contributed by atoms with E-state index in [1.807, 2.05) is 6.92 Å². The van der Waals surface area contributed by atoms with Gasteiger partial charge in [0.1, 0.15) is 0 Å². The first-order valence-electron chi connectivity index (χ1n) is 6.42. The van der Waals surface area contributed by atoms with Gasteiger partial charge in [-0.2, -0.15) is 0 Å². The molecule has 23 heavy (non-hydrogen) atoms. The lowest BCUT2D eigenvalue weighted by atomic mass is 10.2. The number of rotatable bonds is 4. The van der Waals surface area contributed by atoms with Crippen LogP contribution in [0.1, 0.15) is 15.2 Å². The van der Waals surface area contributed by atoms with Crippen molar-refractivity contribution in [3.63, 3.8) is 0 Å². The first-order valence-corrected chi connectivity index (χ1v) is 9.95. The first kappa shape index (κ1) is 15.8. The third kappa shape index (κ3) is 3.84. The molecule has 3 aromatic rings. The molecule has 0 saturated heterocycles. The normalized spacial score (nSPS) is 11.6. The van der Waals surface area contributed by atoms with Gasteiger partial charge in [0.25, 0.3) is 5.91 Å². The maximum atomic E-state index is 12.2. The predicted molar refractivity (Wildman–Crippen MR) is 92.9 cm³/mol. The van der Waals surface area contributed by atoms with Crippen molar-refractivity contribution >= 4 is 59.1 Å². The van der Waals surface area contributed by atoms with Crippen molar-refractivity contribution in [2.45, 2.75) is 6.92 Å². The quantitative estimate of drug-likeness (QED) is 0.737. The summed E-state index contributed by atoms with van der Waals surface area (Å²) in [5.41, 5.74) is 1.09. The zero-order valence-corrected chi connectivity index (χ0v) is 14.6. The minimum absolute atomic E-state index is 0.271. The lowest BCUT2D eigenvalue weighted by Gasteiger charge is -2.01. The van der Waals surface area contributed by atoms with E-state index in [0.717, 1.165) is 15.8 Å². The van der Waals surface area contributed by atoms with Gasteiger partial charge in [-0.3, -0.25) is 14.8 Å². The molecule has 0 spiro atoms. The molecule has 0 aliphatic rings. The van der Waals surface area contributed by atoms with E-state index >= 15 is 0 Å². The fourth-order valence-electron chi connectivity index (χ4n) is 1.85. The fraction of sp³-hybridized carbons (Fsp3) is 0.154. The number of aromatic nitrogens is 2. The third-order valence-electron chi connectivity index (χ3n) is 2.77. The van der Waals surface area contributed by atoms with Crippen LogP contribution in [0.3, 0.4) is 0 Å². The van der Waals surface area contributed by atoms with Crippen molar-refractivity contribution in [2.24, 2.45) is 0 Å². The summed E-state index contributed by atoms with van der Waals surface area (Å²) in [7, 11) is -3.38. The highest BCUT2D eigenvalue weighted by molar-refractivity contribution is 7.92. The lowest BCUT2D eigenvalue weighted by molar-refractivity contribution is 0.102. The van der Waals surface area contributed by atoms with E-state index in [0.29, 0.717) is 16.2 Å². The number of amides is 1. The van der Waals surface area contributed by atoms with Gasteiger partial charge in [0, 0.05) is 16.6 Å². The van der Waals surface area contributed by atoms with Crippen molar-refractivity contribution in [1.82, 2.24) is 9.97 Å². The second-order valence-corrected chi connectivity index (χ2v) is 8.82. The average molecular weight is 368 g/mol. The molecule has 120 valence electrons. The van der Waals surface area contributed by atoms with Gasteiger partial charge < -0.3 is 0 Å². The molecule has 3 rings (SSSR count). The minimum Gasteiger partial charge on any atom is -0.298 e. The highest BCUT2D eigenvalue weighted by atomic mass is 32.2. The Balaban J connectivity index is 1.85. The number of fused-ring (bicyclic) bond motifs is 1. The number of nitrogens with zero attached hydrogens (tertiary/aromatic N) is 2. The van der Waals surface area contributed by atoms with Gasteiger partial charge in [-0.25, -0.2) is 18.4 Å². The van der Waals surface area contributed by atoms with Gasteiger partial charge in [0.2, 0.25) is 10.0 Å². The third-order valence-corrected chi connectivity index (χ3v) is 5.22. The Morgan fingerprint density at radius 2 is 2.00 bits per heavy atom. The maximum absolute atomic E-state index is 12.2. The zero-order valence-electron chi connectivity index (χ0n) is 12.2. The van der Waals surface area contributed by atoms with Crippen molar-refractivity contribution in [3.05, 3.63) is 34.8 Å². The van der Waals surface area contributed by atoms with Gasteiger partial charge in [0.15, 0.2) is 10.3 Å². The van der Waals surface area contributed by atoms with Gasteiger partial charge in [-0.05, 0) is 25.1 Å². The van der Waals surface area contributed by atoms with Gasteiger partial charge in [-0.1, -0.05) is 11.3 Å². The molecular weight excluding hydrogens is 356 g/mol. The van der Waals surface area contributed by atoms with Crippen LogP contribution in [0.5, 0.6) is 0 Å². The summed E-state index contributed by atoms with van der Waals surface area (Å²) < 4.78 is 25.5. The van der Waals surface area contributed by atoms with Crippen LogP contribution in [-0.2, 0) is 10.0 Å². The Hall–Kier alpha value is -2.04. The van der Waals surface area contributed by atoms with E-state index in [4.69, 9.17) is 0 Å². The number of benzene rings is 1. The van der Waals surface area contributed by atoms with Gasteiger partial charge in [0.05, 0.1) is 16.5 Å². The summed E-state index contributed by atoms with van der Waals surface area (Å²) in [5.74, 6) is -0.271. The van der Waals surface area contributed by atoms with Crippen LogP contribution >= 0.6 is 22.7 Å². The number of carbonyl (C=O) groups is 1. The Bertz CT molecular complexity index is 991. The van der Waals surface area contributed by atoms with Crippen molar-refractivity contribution < 1.29 is 13.2 Å². The van der Waals surface area contributed by atoms with Crippen LogP contribution in [0, 0.1) is 6.92 Å². The number of hydrogen-bond acceptors (Lipinski definition) is 7. The minimum atomic E-state index is -3.38. The summed E-state index contributed by atoms with van der Waals surface area (Å²) in [5, 5.41) is 3.54. The van der Waals surface area contributed by atoms with E-state index in [1.54, 1.807) is 24.4 Å². The number of carbonyl (C=O) groups excluding carboxylic acids is 1. The van der Waals surface area contributed by atoms with Crippen LogP contribution in [0.25, 0.3) is 10.2 Å². The van der Waals surface area contributed by atoms with E-state index in [2.05, 4.69) is 20.0 Å². The molecule has 0 saturated carbocycles. The molecule has 0 unspecified atom stereocenters. The summed E-state index contributed by atoms with van der Waals surface area (Å²) in [6.07, 6.45) is 2.75. The number of hydrogen-bond donors (Lipinski definition) is 2. The molecule has 1 aromatic carbocycles. The summed E-state index contributed by atoms with van der Waals surface area (Å²) >= 11 is 2.57. The van der Waals surface area contributed by atoms with E-state index in [-0.39, 0.29) is 11.0 Å². The van der Waals surface area contributed by atoms with Gasteiger partial charge in [-0.15, -0.1) is 11.3 Å². The van der Waals surface area contributed by atoms with Crippen molar-refractivity contribution in [1.29, 1.82) is 0 Å². The van der Waals surface area contributed by atoms with Crippen LogP contribution < -0.4 is 10.0 Å². The SMILES string of the molecule is Cc1cnc(NC(=O)c2ccc3nc(NS(C)(=O)=O)sc3c2)s1. The summed E-state index contributed by atoms with van der Waals surface area (Å²) in [6.45, 7) is 1.91. The van der Waals surface area contributed by atoms with E-state index in [9.17, 15) is 13.2 Å². The number of sulfonamides is 1. The van der Waals surface area contributed by atoms with Crippen LogP contribution in [0.4, 0.5) is 10.3 Å². The second kappa shape index (κ2) is 5.87. The molecule has 2 aromatic heterocycles. The topological polar surface area (TPSA) is 101 Å². The molecule has 10 heteroatoms. The van der Waals surface area contributed by atoms with E-state index in [1.165, 1.54) is 22.7 Å². The molecule has 0 atom stereocenters. The first-order chi connectivity index (χ1) is 10.8. The number of anilines is 2. The molecule has 0 bridgehead atoms. The maximum Gasteiger partial charge on any atom is 0.257 e. The largest absolute Gasteiger partial charge is 0.298 e. The van der Waals surface area contributed by atoms with Crippen molar-refractivity contribution in [3.8, 4) is 0 Å². The Morgan fingerprint density at radius 3 is 2.65 bits per heavy atom. The number of nitrogens with one attached hydrogen (secondary N) is 2. The summed E-state index contributed by atoms with van der Waals surface area (Å²) in [6, 6.07) is 5.00. The predicted octanol–water partition coefficient (Wildman–Crippen LogP) is 2.69. The van der Waals surface area contributed by atoms with E-state index < -0.39 is 10.0 Å². The molecule has 1 amide bonds. The average Bonchev–Trinajstić information content (AvgIpc) is 3.01. The Labute approximate surface area is 140 Å². The molecular formula is C13H12N4O3S3. The molecule has 7 nitrogen and oxygen atoms in total. The molecule has 0 aliphatic heterocycles. The van der Waals surface area contributed by atoms with Crippen LogP contribution in [0.2, 0.25) is 0 Å². The van der Waals surface area contributed by atoms with Crippen LogP contribution in [0.15, 0.2) is 24.4 Å². The Kier molecular flexibility index (Phi) is 4.04. The second-order valence-electron chi connectivity index (χ2n) is 4.81. The lowest BCUT2D eigenvalue weighted by Crippen LogP contribution is -2.11. The number of thiazole rings is 2. The summed E-state index contributed by atoms with van der Waals surface area (Å²) in [4.78, 5) is 21.5. The molecule has 0 radical (unpaired) electrons.